The molecule has 0 atom stereocenters. The minimum Gasteiger partial charge on any atom is -0.497 e. The number of nitrogens with zero attached hydrogens (tertiary/aromatic N) is 2. The van der Waals surface area contributed by atoms with E-state index in [0.29, 0.717) is 0 Å². The Morgan fingerprint density at radius 3 is 0.882 bits per heavy atom. The molecule has 10 aromatic rings. The zero-order valence-electron chi connectivity index (χ0n) is 38.8. The van der Waals surface area contributed by atoms with Gasteiger partial charge in [0.1, 0.15) is 11.5 Å². The number of anilines is 6. The Morgan fingerprint density at radius 1 is 0.265 bits per heavy atom. The molecule has 10 rings (SSSR count). The second-order valence-corrected chi connectivity index (χ2v) is 17.0. The lowest BCUT2D eigenvalue weighted by atomic mass is 9.96. The predicted octanol–water partition coefficient (Wildman–Crippen LogP) is 17.6. The van der Waals surface area contributed by atoms with Gasteiger partial charge in [0, 0.05) is 33.9 Å². The Bertz CT molecular complexity index is 3070. The molecule has 0 spiro atoms. The van der Waals surface area contributed by atoms with E-state index in [1.807, 2.05) is 0 Å². The fourth-order valence-electron chi connectivity index (χ4n) is 9.23. The Labute approximate surface area is 400 Å². The van der Waals surface area contributed by atoms with Crippen LogP contribution in [0, 0.1) is 13.8 Å². The third kappa shape index (κ3) is 8.88. The van der Waals surface area contributed by atoms with Crippen molar-refractivity contribution in [3.8, 4) is 67.1 Å². The van der Waals surface area contributed by atoms with Crippen LogP contribution in [-0.2, 0) is 0 Å². The van der Waals surface area contributed by atoms with E-state index in [1.165, 1.54) is 22.3 Å². The summed E-state index contributed by atoms with van der Waals surface area (Å²) in [4.78, 5) is 4.76. The standard InChI is InChI=1S/C64H52N2O2/c1-45-41-53(29-37-61(45)65(55-31-25-49(26-32-55)47-17-9-5-10-18-47)63-39-35-57(67-3)43-59(63)51-21-13-7-14-22-51)54-30-38-62(46(2)42-54)66(56-33-27-50(28-34-56)48-19-11-6-12-20-48)64-40-36-58(68-4)44-60(64)52-23-15-8-16-24-52/h5-44H,1-4H3. The van der Waals surface area contributed by atoms with Gasteiger partial charge in [0.05, 0.1) is 25.6 Å². The number of hydrogen-bond donors (Lipinski definition) is 0. The van der Waals surface area contributed by atoms with Crippen LogP contribution in [-0.4, -0.2) is 14.2 Å². The summed E-state index contributed by atoms with van der Waals surface area (Å²) in [7, 11) is 3.45. The molecule has 0 unspecified atom stereocenters. The molecule has 10 aromatic carbocycles. The van der Waals surface area contributed by atoms with Crippen molar-refractivity contribution in [2.75, 3.05) is 24.0 Å². The number of aryl methyl sites for hydroxylation is 2. The summed E-state index contributed by atoms with van der Waals surface area (Å²) in [6.45, 7) is 4.43. The van der Waals surface area contributed by atoms with Gasteiger partial charge in [-0.15, -0.1) is 0 Å². The first-order valence-electron chi connectivity index (χ1n) is 23.1. The van der Waals surface area contributed by atoms with E-state index in [0.717, 1.165) is 90.1 Å². The number of rotatable bonds is 13. The Morgan fingerprint density at radius 2 is 0.559 bits per heavy atom. The third-order valence-corrected chi connectivity index (χ3v) is 12.7. The monoisotopic (exact) mass is 880 g/mol. The molecule has 68 heavy (non-hydrogen) atoms. The highest BCUT2D eigenvalue weighted by molar-refractivity contribution is 5.93. The molecule has 0 bridgehead atoms. The average molecular weight is 881 g/mol. The molecule has 0 heterocycles. The molecular formula is C64H52N2O2. The normalized spacial score (nSPS) is 10.9. The van der Waals surface area contributed by atoms with Gasteiger partial charge in [0.25, 0.3) is 0 Å². The second kappa shape index (κ2) is 19.5. The highest BCUT2D eigenvalue weighted by Crippen LogP contribution is 2.47. The molecule has 4 heteroatoms. The molecule has 0 aliphatic carbocycles. The van der Waals surface area contributed by atoms with Crippen molar-refractivity contribution in [1.82, 2.24) is 0 Å². The quantitative estimate of drug-likeness (QED) is 0.115. The molecular weight excluding hydrogens is 829 g/mol. The Balaban J connectivity index is 1.06. The van der Waals surface area contributed by atoms with E-state index in [-0.39, 0.29) is 0 Å². The average Bonchev–Trinajstić information content (AvgIpc) is 3.41. The summed E-state index contributed by atoms with van der Waals surface area (Å²) >= 11 is 0. The number of ether oxygens (including phenoxy) is 2. The van der Waals surface area contributed by atoms with Gasteiger partial charge in [0.15, 0.2) is 0 Å². The van der Waals surface area contributed by atoms with Crippen molar-refractivity contribution in [2.24, 2.45) is 0 Å². The summed E-state index contributed by atoms with van der Waals surface area (Å²) in [5.74, 6) is 1.62. The lowest BCUT2D eigenvalue weighted by molar-refractivity contribution is 0.415. The summed E-state index contributed by atoms with van der Waals surface area (Å²) in [6.07, 6.45) is 0. The smallest absolute Gasteiger partial charge is 0.119 e. The topological polar surface area (TPSA) is 24.9 Å². The first-order chi connectivity index (χ1) is 33.4. The minimum absolute atomic E-state index is 0.809. The van der Waals surface area contributed by atoms with Gasteiger partial charge in [-0.05, 0) is 154 Å². The van der Waals surface area contributed by atoms with Gasteiger partial charge in [-0.2, -0.15) is 0 Å². The largest absolute Gasteiger partial charge is 0.497 e. The molecule has 0 aliphatic rings. The lowest BCUT2D eigenvalue weighted by Crippen LogP contribution is -2.13. The molecule has 0 saturated heterocycles. The van der Waals surface area contributed by atoms with Crippen molar-refractivity contribution in [1.29, 1.82) is 0 Å². The fourth-order valence-corrected chi connectivity index (χ4v) is 9.23. The Hall–Kier alpha value is -8.60. The summed E-state index contributed by atoms with van der Waals surface area (Å²) in [5.41, 5.74) is 20.1. The molecule has 330 valence electrons. The molecule has 0 fully saturated rings. The van der Waals surface area contributed by atoms with Crippen molar-refractivity contribution in [2.45, 2.75) is 13.8 Å². The molecule has 4 nitrogen and oxygen atoms in total. The third-order valence-electron chi connectivity index (χ3n) is 12.7. The van der Waals surface area contributed by atoms with Crippen LogP contribution in [0.3, 0.4) is 0 Å². The molecule has 0 aliphatic heterocycles. The molecule has 0 amide bonds. The number of hydrogen-bond acceptors (Lipinski definition) is 4. The first-order valence-corrected chi connectivity index (χ1v) is 23.1. The first kappa shape index (κ1) is 43.3. The van der Waals surface area contributed by atoms with Gasteiger partial charge in [0.2, 0.25) is 0 Å². The van der Waals surface area contributed by atoms with Gasteiger partial charge in [-0.1, -0.05) is 158 Å². The molecule has 0 aromatic heterocycles. The predicted molar refractivity (Wildman–Crippen MR) is 286 cm³/mol. The SMILES string of the molecule is COc1ccc(N(c2ccc(-c3ccccc3)cc2)c2ccc(-c3ccc(N(c4ccc(-c5ccccc5)cc4)c4ccc(OC)cc4-c4ccccc4)c(C)c3)cc2C)c(-c2ccccc2)c1. The summed E-state index contributed by atoms with van der Waals surface area (Å²) < 4.78 is 11.6. The maximum Gasteiger partial charge on any atom is 0.119 e. The number of methoxy groups -OCH3 is 2. The van der Waals surface area contributed by atoms with E-state index >= 15 is 0 Å². The van der Waals surface area contributed by atoms with Gasteiger partial charge in [-0.3, -0.25) is 0 Å². The summed E-state index contributed by atoms with van der Waals surface area (Å²) in [5, 5.41) is 0. The van der Waals surface area contributed by atoms with Crippen LogP contribution in [0.2, 0.25) is 0 Å². The van der Waals surface area contributed by atoms with Crippen molar-refractivity contribution in [3.05, 3.63) is 254 Å². The van der Waals surface area contributed by atoms with Crippen LogP contribution >= 0.6 is 0 Å². The van der Waals surface area contributed by atoms with Crippen LogP contribution in [0.4, 0.5) is 34.1 Å². The minimum atomic E-state index is 0.809. The molecule has 0 N–H and O–H groups in total. The Kier molecular flexibility index (Phi) is 12.4. The van der Waals surface area contributed by atoms with Crippen LogP contribution in [0.25, 0.3) is 55.6 Å². The zero-order chi connectivity index (χ0) is 46.4. The van der Waals surface area contributed by atoms with Gasteiger partial charge < -0.3 is 19.3 Å². The van der Waals surface area contributed by atoms with E-state index in [2.05, 4.69) is 266 Å². The van der Waals surface area contributed by atoms with Crippen LogP contribution in [0.15, 0.2) is 243 Å². The zero-order valence-corrected chi connectivity index (χ0v) is 38.8. The lowest BCUT2D eigenvalue weighted by Gasteiger charge is -2.30. The number of benzene rings is 10. The highest BCUT2D eigenvalue weighted by Gasteiger charge is 2.23. The van der Waals surface area contributed by atoms with E-state index < -0.39 is 0 Å². The maximum absolute atomic E-state index is 5.79. The van der Waals surface area contributed by atoms with Crippen molar-refractivity contribution < 1.29 is 9.47 Å². The maximum atomic E-state index is 5.79. The van der Waals surface area contributed by atoms with E-state index in [1.54, 1.807) is 14.2 Å². The van der Waals surface area contributed by atoms with Crippen molar-refractivity contribution in [3.63, 3.8) is 0 Å². The van der Waals surface area contributed by atoms with Gasteiger partial charge >= 0.3 is 0 Å². The van der Waals surface area contributed by atoms with E-state index in [4.69, 9.17) is 9.47 Å². The molecule has 0 saturated carbocycles. The van der Waals surface area contributed by atoms with E-state index in [9.17, 15) is 0 Å². The second-order valence-electron chi connectivity index (χ2n) is 17.0. The van der Waals surface area contributed by atoms with Crippen molar-refractivity contribution >= 4 is 34.1 Å². The highest BCUT2D eigenvalue weighted by atomic mass is 16.5. The fraction of sp³-hybridized carbons (Fsp3) is 0.0625. The summed E-state index contributed by atoms with van der Waals surface area (Å²) in [6, 6.07) is 86.4. The van der Waals surface area contributed by atoms with Crippen LogP contribution in [0.5, 0.6) is 11.5 Å². The van der Waals surface area contributed by atoms with Gasteiger partial charge in [-0.25, -0.2) is 0 Å². The molecule has 0 radical (unpaired) electrons. The van der Waals surface area contributed by atoms with Crippen LogP contribution in [0.1, 0.15) is 11.1 Å². The van der Waals surface area contributed by atoms with Crippen LogP contribution < -0.4 is 19.3 Å².